The standard InChI is InChI=1S/C6H11NO2.C5H6O3.C4H4O4.C3H7N/c1-5(2)6(8)9-4-3-7;1-4(6)2-3-5(7)8;5-3(6)1-2-4(7)8;1-2-3-4/h1,3-4,7H2,2H3;2-3,6H,1H2,(H,7,8);1-2H,(H,5,6)(H,7,8);2H,1,3-4H2/p-1/b;3-2-;2-1-;. The zero-order valence-corrected chi connectivity index (χ0v) is 16.1. The lowest BCUT2D eigenvalue weighted by atomic mass is 10.4. The van der Waals surface area contributed by atoms with Crippen molar-refractivity contribution in [3.05, 3.63) is 61.4 Å². The Morgan fingerprint density at radius 3 is 1.45 bits per heavy atom. The number of rotatable bonds is 8. The molecular weight excluding hydrogens is 388 g/mol. The Morgan fingerprint density at radius 2 is 1.28 bits per heavy atom. The lowest BCUT2D eigenvalue weighted by Gasteiger charge is -1.99. The van der Waals surface area contributed by atoms with Gasteiger partial charge in [0.1, 0.15) is 6.61 Å². The first kappa shape index (κ1) is 32.9. The minimum atomic E-state index is -1.26. The van der Waals surface area contributed by atoms with Crippen molar-refractivity contribution in [2.24, 2.45) is 11.5 Å². The molecule has 0 aliphatic rings. The number of nitrogens with two attached hydrogens (primary N) is 2. The molecule has 164 valence electrons. The molecule has 0 aromatic heterocycles. The van der Waals surface area contributed by atoms with Crippen molar-refractivity contribution in [2.45, 2.75) is 6.92 Å². The van der Waals surface area contributed by atoms with Crippen LogP contribution in [0.15, 0.2) is 61.4 Å². The van der Waals surface area contributed by atoms with E-state index < -0.39 is 23.7 Å². The summed E-state index contributed by atoms with van der Waals surface area (Å²) in [6.07, 6.45) is 4.41. The summed E-state index contributed by atoms with van der Waals surface area (Å²) in [5.74, 6) is -4.53. The molecular formula is C18H27N2O9-. The zero-order valence-electron chi connectivity index (χ0n) is 16.1. The van der Waals surface area contributed by atoms with Gasteiger partial charge in [-0.3, -0.25) is 0 Å². The first-order valence-electron chi connectivity index (χ1n) is 7.60. The number of carbonyl (C=O) groups excluding carboxylic acids is 1. The predicted molar refractivity (Wildman–Crippen MR) is 104 cm³/mol. The Balaban J connectivity index is -0.000000148. The van der Waals surface area contributed by atoms with Crippen LogP contribution in [0.1, 0.15) is 6.92 Å². The van der Waals surface area contributed by atoms with Crippen molar-refractivity contribution in [2.75, 3.05) is 19.7 Å². The van der Waals surface area contributed by atoms with Gasteiger partial charge in [-0.15, -0.1) is 18.9 Å². The molecule has 0 saturated heterocycles. The topological polar surface area (TPSA) is 213 Å². The zero-order chi connectivity index (χ0) is 23.8. The van der Waals surface area contributed by atoms with Crippen molar-refractivity contribution in [3.63, 3.8) is 0 Å². The van der Waals surface area contributed by atoms with Crippen molar-refractivity contribution >= 4 is 23.9 Å². The maximum absolute atomic E-state index is 10.5. The van der Waals surface area contributed by atoms with E-state index in [0.717, 1.165) is 12.2 Å². The Labute approximate surface area is 168 Å². The fourth-order valence-corrected chi connectivity index (χ4v) is 0.582. The van der Waals surface area contributed by atoms with Gasteiger partial charge < -0.3 is 36.6 Å². The van der Waals surface area contributed by atoms with E-state index in [4.69, 9.17) is 26.8 Å². The van der Waals surface area contributed by atoms with Crippen LogP contribution in [-0.4, -0.2) is 58.9 Å². The van der Waals surface area contributed by atoms with Crippen LogP contribution in [0.5, 0.6) is 0 Å². The smallest absolute Gasteiger partial charge is 0.333 e. The number of ether oxygens (including phenoxy) is 1. The Kier molecular flexibility index (Phi) is 27.6. The largest absolute Gasteiger partial charge is 0.873 e. The minimum absolute atomic E-state index is 0.270. The molecule has 29 heavy (non-hydrogen) atoms. The summed E-state index contributed by atoms with van der Waals surface area (Å²) in [5.41, 5.74) is 10.4. The molecule has 0 bridgehead atoms. The minimum Gasteiger partial charge on any atom is -0.873 e. The molecule has 0 aromatic carbocycles. The first-order valence-corrected chi connectivity index (χ1v) is 7.60. The highest BCUT2D eigenvalue weighted by Gasteiger charge is 1.99. The van der Waals surface area contributed by atoms with E-state index in [1.807, 2.05) is 0 Å². The molecule has 0 spiro atoms. The third-order valence-corrected chi connectivity index (χ3v) is 1.65. The Hall–Kier alpha value is -3.70. The van der Waals surface area contributed by atoms with E-state index >= 15 is 0 Å². The summed E-state index contributed by atoms with van der Waals surface area (Å²) in [6.45, 7) is 12.5. The lowest BCUT2D eigenvalue weighted by molar-refractivity contribution is -0.294. The van der Waals surface area contributed by atoms with Crippen molar-refractivity contribution < 1.29 is 44.3 Å². The summed E-state index contributed by atoms with van der Waals surface area (Å²) in [6, 6.07) is 0. The second kappa shape index (κ2) is 24.3. The van der Waals surface area contributed by atoms with Crippen molar-refractivity contribution in [1.82, 2.24) is 0 Å². The van der Waals surface area contributed by atoms with Gasteiger partial charge in [0.25, 0.3) is 0 Å². The molecule has 0 aliphatic carbocycles. The van der Waals surface area contributed by atoms with Crippen LogP contribution in [-0.2, 0) is 23.9 Å². The van der Waals surface area contributed by atoms with E-state index in [-0.39, 0.29) is 12.6 Å². The quantitative estimate of drug-likeness (QED) is 0.111. The number of aliphatic carboxylic acids is 3. The summed E-state index contributed by atoms with van der Waals surface area (Å²) in [7, 11) is 0. The molecule has 0 saturated carbocycles. The number of hydrogen-bond acceptors (Lipinski definition) is 8. The van der Waals surface area contributed by atoms with Crippen LogP contribution >= 0.6 is 0 Å². The monoisotopic (exact) mass is 415 g/mol. The van der Waals surface area contributed by atoms with Gasteiger partial charge in [-0.1, -0.05) is 18.7 Å². The summed E-state index contributed by atoms with van der Waals surface area (Å²) < 4.78 is 4.59. The van der Waals surface area contributed by atoms with Crippen molar-refractivity contribution in [3.8, 4) is 0 Å². The predicted octanol–water partition coefficient (Wildman–Crippen LogP) is -0.591. The Morgan fingerprint density at radius 1 is 0.931 bits per heavy atom. The van der Waals surface area contributed by atoms with Crippen LogP contribution in [0.4, 0.5) is 0 Å². The van der Waals surface area contributed by atoms with E-state index in [1.54, 1.807) is 13.0 Å². The second-order valence-corrected chi connectivity index (χ2v) is 4.38. The van der Waals surface area contributed by atoms with Gasteiger partial charge in [0.05, 0.1) is 0 Å². The fraction of sp³-hybridized carbons (Fsp3) is 0.222. The Bertz CT molecular complexity index is 542. The molecule has 0 rings (SSSR count). The molecule has 0 heterocycles. The van der Waals surface area contributed by atoms with Gasteiger partial charge in [-0.2, -0.15) is 0 Å². The highest BCUT2D eigenvalue weighted by atomic mass is 16.5. The molecule has 7 N–H and O–H groups in total. The van der Waals surface area contributed by atoms with Gasteiger partial charge in [0, 0.05) is 36.9 Å². The normalized spacial score (nSPS) is 8.79. The highest BCUT2D eigenvalue weighted by molar-refractivity contribution is 5.89. The third-order valence-electron chi connectivity index (χ3n) is 1.65. The molecule has 11 heteroatoms. The third kappa shape index (κ3) is 51.6. The van der Waals surface area contributed by atoms with E-state index in [9.17, 15) is 24.3 Å². The second-order valence-electron chi connectivity index (χ2n) is 4.38. The summed E-state index contributed by atoms with van der Waals surface area (Å²) in [4.78, 5) is 39.3. The molecule has 0 amide bonds. The highest BCUT2D eigenvalue weighted by Crippen LogP contribution is 1.89. The van der Waals surface area contributed by atoms with Gasteiger partial charge in [0.15, 0.2) is 0 Å². The average molecular weight is 415 g/mol. The fourth-order valence-electron chi connectivity index (χ4n) is 0.582. The molecule has 0 unspecified atom stereocenters. The number of carboxylic acids is 3. The van der Waals surface area contributed by atoms with Gasteiger partial charge in [-0.05, 0) is 6.92 Å². The van der Waals surface area contributed by atoms with E-state index in [0.29, 0.717) is 30.8 Å². The van der Waals surface area contributed by atoms with Gasteiger partial charge >= 0.3 is 23.9 Å². The molecule has 0 atom stereocenters. The molecule has 0 aromatic rings. The SMILES string of the molecule is C=C(C)C(=O)OCCN.C=C([O-])/C=C\C(=O)O.C=CCN.O=C(O)/C=C\C(=O)O. The van der Waals surface area contributed by atoms with Crippen LogP contribution in [0, 0.1) is 0 Å². The van der Waals surface area contributed by atoms with Gasteiger partial charge in [0.2, 0.25) is 0 Å². The van der Waals surface area contributed by atoms with E-state index in [2.05, 4.69) is 24.5 Å². The first-order chi connectivity index (χ1) is 13.3. The van der Waals surface area contributed by atoms with Crippen LogP contribution in [0.25, 0.3) is 0 Å². The van der Waals surface area contributed by atoms with E-state index in [1.165, 1.54) is 0 Å². The van der Waals surface area contributed by atoms with Crippen molar-refractivity contribution in [1.29, 1.82) is 0 Å². The summed E-state index contributed by atoms with van der Waals surface area (Å²) in [5, 5.41) is 33.4. The number of allylic oxidation sites excluding steroid dienone is 1. The van der Waals surface area contributed by atoms with Crippen LogP contribution in [0.3, 0.4) is 0 Å². The lowest BCUT2D eigenvalue weighted by Crippen LogP contribution is -2.13. The van der Waals surface area contributed by atoms with Gasteiger partial charge in [-0.25, -0.2) is 19.2 Å². The summed E-state index contributed by atoms with van der Waals surface area (Å²) >= 11 is 0. The maximum atomic E-state index is 10.5. The molecule has 0 aliphatic heterocycles. The maximum Gasteiger partial charge on any atom is 0.333 e. The number of carbonyl (C=O) groups is 4. The molecule has 0 fully saturated rings. The molecule has 11 nitrogen and oxygen atoms in total. The number of hydrogen-bond donors (Lipinski definition) is 5. The number of carboxylic acid groups (broad SMARTS) is 3. The number of esters is 1. The average Bonchev–Trinajstić information content (AvgIpc) is 2.63. The van der Waals surface area contributed by atoms with Crippen LogP contribution < -0.4 is 16.6 Å². The molecule has 0 radical (unpaired) electrons. The van der Waals surface area contributed by atoms with Crippen LogP contribution in [0.2, 0.25) is 0 Å².